The predicted octanol–water partition coefficient (Wildman–Crippen LogP) is 4.58. The van der Waals surface area contributed by atoms with Gasteiger partial charge in [-0.25, -0.2) is 12.8 Å². The number of hydrogen-bond acceptors (Lipinski definition) is 6. The minimum absolute atomic E-state index is 0.179. The lowest BCUT2D eigenvalue weighted by atomic mass is 10.2. The summed E-state index contributed by atoms with van der Waals surface area (Å²) in [6.45, 7) is 0.941. The molecule has 10 heteroatoms. The monoisotopic (exact) mass is 476 g/mol. The van der Waals surface area contributed by atoms with Crippen LogP contribution in [0.4, 0.5) is 10.1 Å². The fraction of sp³-hybridized carbons (Fsp3) is 0.273. The van der Waals surface area contributed by atoms with Gasteiger partial charge in [-0.2, -0.15) is 5.10 Å². The molecule has 2 aromatic carbocycles. The number of hydrogen-bond donors (Lipinski definition) is 2. The first-order chi connectivity index (χ1) is 15.4. The summed E-state index contributed by atoms with van der Waals surface area (Å²) in [6, 6.07) is 9.56. The summed E-state index contributed by atoms with van der Waals surface area (Å²) in [5, 5.41) is 10.9. The fourth-order valence-electron chi connectivity index (χ4n) is 3.66. The van der Waals surface area contributed by atoms with Crippen molar-refractivity contribution in [3.63, 3.8) is 0 Å². The van der Waals surface area contributed by atoms with E-state index in [9.17, 15) is 12.8 Å². The number of halogens is 2. The number of rotatable bonds is 3. The molecule has 4 aromatic rings. The first kappa shape index (κ1) is 22.4. The van der Waals surface area contributed by atoms with Crippen LogP contribution < -0.4 is 5.32 Å². The van der Waals surface area contributed by atoms with Gasteiger partial charge in [-0.1, -0.05) is 11.6 Å². The molecule has 0 unspecified atom stereocenters. The molecule has 2 N–H and O–H groups in total. The number of anilines is 1. The molecular weight excluding hydrogens is 455 g/mol. The van der Waals surface area contributed by atoms with E-state index < -0.39 is 15.1 Å². The Morgan fingerprint density at radius 1 is 1.19 bits per heavy atom. The molecule has 1 saturated heterocycles. The van der Waals surface area contributed by atoms with Crippen LogP contribution >= 0.6 is 11.6 Å². The molecular formula is C22H22ClFN4O3S. The Balaban J connectivity index is 0.000000203. The molecule has 0 atom stereocenters. The molecule has 2 aromatic heterocycles. The van der Waals surface area contributed by atoms with Gasteiger partial charge in [-0.05, 0) is 49.2 Å². The van der Waals surface area contributed by atoms with Crippen LogP contribution in [0.1, 0.15) is 12.8 Å². The first-order valence-electron chi connectivity index (χ1n) is 10.1. The Kier molecular flexibility index (Phi) is 6.59. The summed E-state index contributed by atoms with van der Waals surface area (Å²) in [5.74, 6) is -0.228. The van der Waals surface area contributed by atoms with Crippen molar-refractivity contribution in [1.82, 2.24) is 15.2 Å². The zero-order valence-electron chi connectivity index (χ0n) is 17.3. The predicted molar refractivity (Wildman–Crippen MR) is 123 cm³/mol. The third-order valence-corrected chi connectivity index (χ3v) is 8.11. The summed E-state index contributed by atoms with van der Waals surface area (Å²) in [4.78, 5) is 4.43. The molecule has 168 valence electrons. The minimum Gasteiger partial charge on any atom is -0.388 e. The Morgan fingerprint density at radius 2 is 1.97 bits per heavy atom. The van der Waals surface area contributed by atoms with Crippen LogP contribution in [-0.2, 0) is 14.6 Å². The highest BCUT2D eigenvalue weighted by molar-refractivity contribution is 7.92. The molecule has 3 heterocycles. The van der Waals surface area contributed by atoms with Crippen molar-refractivity contribution < 1.29 is 17.5 Å². The number of sulfone groups is 1. The molecule has 1 aliphatic heterocycles. The number of benzene rings is 2. The number of H-pyrrole nitrogens is 1. The summed E-state index contributed by atoms with van der Waals surface area (Å²) in [7, 11) is -1.69. The summed E-state index contributed by atoms with van der Waals surface area (Å²) in [5.41, 5.74) is 2.36. The number of nitrogens with zero attached hydrogens (tertiary/aromatic N) is 2. The Labute approximate surface area is 189 Å². The highest BCUT2D eigenvalue weighted by Crippen LogP contribution is 2.34. The van der Waals surface area contributed by atoms with Gasteiger partial charge in [0.25, 0.3) is 0 Å². The van der Waals surface area contributed by atoms with Crippen LogP contribution in [0.25, 0.3) is 21.8 Å². The van der Waals surface area contributed by atoms with Crippen molar-refractivity contribution in [1.29, 1.82) is 0 Å². The second kappa shape index (κ2) is 9.40. The number of aromatic amines is 1. The van der Waals surface area contributed by atoms with E-state index in [4.69, 9.17) is 16.3 Å². The number of pyridine rings is 1. The molecule has 0 saturated carbocycles. The molecule has 0 amide bonds. The smallest absolute Gasteiger partial charge is 0.182 e. The molecule has 0 aliphatic carbocycles. The minimum atomic E-state index is -3.48. The zero-order valence-corrected chi connectivity index (χ0v) is 18.9. The molecule has 1 aliphatic rings. The van der Waals surface area contributed by atoms with Crippen molar-refractivity contribution in [3.05, 3.63) is 59.6 Å². The number of ether oxygens (including phenoxy) is 1. The van der Waals surface area contributed by atoms with Gasteiger partial charge in [-0.3, -0.25) is 10.1 Å². The van der Waals surface area contributed by atoms with Gasteiger partial charge in [0.1, 0.15) is 5.82 Å². The van der Waals surface area contributed by atoms with Crippen molar-refractivity contribution >= 4 is 48.9 Å². The number of fused-ring (bicyclic) bond motifs is 2. The van der Waals surface area contributed by atoms with E-state index >= 15 is 0 Å². The maximum absolute atomic E-state index is 12.9. The van der Waals surface area contributed by atoms with Gasteiger partial charge in [0.15, 0.2) is 9.84 Å². The van der Waals surface area contributed by atoms with E-state index in [0.29, 0.717) is 31.6 Å². The first-order valence-corrected chi connectivity index (χ1v) is 12.0. The molecule has 0 spiro atoms. The van der Waals surface area contributed by atoms with Crippen LogP contribution in [-0.4, -0.2) is 49.1 Å². The lowest BCUT2D eigenvalue weighted by molar-refractivity contribution is 0.0983. The Hall–Kier alpha value is -2.75. The molecule has 0 bridgehead atoms. The van der Waals surface area contributed by atoms with Crippen molar-refractivity contribution in [3.8, 4) is 0 Å². The van der Waals surface area contributed by atoms with Crippen molar-refractivity contribution in [2.24, 2.45) is 0 Å². The van der Waals surface area contributed by atoms with Crippen molar-refractivity contribution in [2.45, 2.75) is 23.0 Å². The van der Waals surface area contributed by atoms with Crippen LogP contribution in [0.2, 0.25) is 5.02 Å². The maximum Gasteiger partial charge on any atom is 0.182 e. The molecule has 5 rings (SSSR count). The SMILES string of the molecule is CNc1ccnc2cc(Cl)c(S(=O)(=O)C3CCOCC3)cc12.Fc1ccc2[nH]ncc2c1. The standard InChI is InChI=1S/C15H17ClN2O3S.C7H5FN2/c1-17-13-2-5-18-14-9-12(16)15(8-11(13)14)22(19,20)10-3-6-21-7-4-10;8-6-1-2-7-5(3-6)4-9-10-7/h2,5,8-10H,3-4,6-7H2,1H3,(H,17,18);1-4H,(H,9,10). The van der Waals surface area contributed by atoms with Crippen LogP contribution in [0.15, 0.2) is 53.7 Å². The molecule has 0 radical (unpaired) electrons. The van der Waals surface area contributed by atoms with Crippen molar-refractivity contribution in [2.75, 3.05) is 25.6 Å². The average Bonchev–Trinajstić information content (AvgIpc) is 3.26. The zero-order chi connectivity index (χ0) is 22.7. The van der Waals surface area contributed by atoms with Gasteiger partial charge < -0.3 is 10.1 Å². The van der Waals surface area contributed by atoms with E-state index in [2.05, 4.69) is 20.5 Å². The second-order valence-corrected chi connectivity index (χ2v) is 9.97. The van der Waals surface area contributed by atoms with Gasteiger partial charge in [0.2, 0.25) is 0 Å². The largest absolute Gasteiger partial charge is 0.388 e. The maximum atomic E-state index is 12.9. The highest BCUT2D eigenvalue weighted by atomic mass is 35.5. The lowest BCUT2D eigenvalue weighted by Gasteiger charge is -2.23. The van der Waals surface area contributed by atoms with E-state index in [0.717, 1.165) is 22.0 Å². The average molecular weight is 477 g/mol. The number of nitrogens with one attached hydrogen (secondary N) is 2. The van der Waals surface area contributed by atoms with Gasteiger partial charge in [0.05, 0.1) is 32.4 Å². The summed E-state index contributed by atoms with van der Waals surface area (Å²) < 4.78 is 43.5. The molecule has 1 fully saturated rings. The van der Waals surface area contributed by atoms with E-state index in [1.807, 2.05) is 0 Å². The highest BCUT2D eigenvalue weighted by Gasteiger charge is 2.31. The normalized spacial score (nSPS) is 14.8. The summed E-state index contributed by atoms with van der Waals surface area (Å²) in [6.07, 6.45) is 4.26. The topological polar surface area (TPSA) is 97.0 Å². The van der Waals surface area contributed by atoms with E-state index in [1.165, 1.54) is 12.1 Å². The molecule has 7 nitrogen and oxygen atoms in total. The van der Waals surface area contributed by atoms with E-state index in [1.54, 1.807) is 43.7 Å². The third-order valence-electron chi connectivity index (χ3n) is 5.38. The van der Waals surface area contributed by atoms with Gasteiger partial charge in [0, 0.05) is 42.9 Å². The van der Waals surface area contributed by atoms with E-state index in [-0.39, 0.29) is 15.7 Å². The van der Waals surface area contributed by atoms with Crippen LogP contribution in [0.5, 0.6) is 0 Å². The fourth-order valence-corrected chi connectivity index (χ4v) is 5.93. The van der Waals surface area contributed by atoms with Gasteiger partial charge in [-0.15, -0.1) is 0 Å². The van der Waals surface area contributed by atoms with Crippen LogP contribution in [0.3, 0.4) is 0 Å². The third kappa shape index (κ3) is 4.55. The lowest BCUT2D eigenvalue weighted by Crippen LogP contribution is -2.29. The molecule has 32 heavy (non-hydrogen) atoms. The Bertz CT molecular complexity index is 1350. The second-order valence-electron chi connectivity index (χ2n) is 7.37. The quantitative estimate of drug-likeness (QED) is 0.449. The van der Waals surface area contributed by atoms with Gasteiger partial charge >= 0.3 is 0 Å². The number of aromatic nitrogens is 3. The summed E-state index contributed by atoms with van der Waals surface area (Å²) >= 11 is 6.23. The Morgan fingerprint density at radius 3 is 2.72 bits per heavy atom. The van der Waals surface area contributed by atoms with Crippen LogP contribution in [0, 0.1) is 5.82 Å².